The Balaban J connectivity index is 4.51. The van der Waals surface area contributed by atoms with Crippen molar-refractivity contribution >= 4 is 17.9 Å². The van der Waals surface area contributed by atoms with Crippen LogP contribution in [0.4, 0.5) is 0 Å². The Labute approximate surface area is 92.3 Å². The number of hydrogen-bond donors (Lipinski definition) is 3. The van der Waals surface area contributed by atoms with E-state index in [9.17, 15) is 14.4 Å². The average Bonchev–Trinajstić information content (AvgIpc) is 2.15. The summed E-state index contributed by atoms with van der Waals surface area (Å²) in [7, 11) is 0. The van der Waals surface area contributed by atoms with Crippen LogP contribution >= 0.6 is 0 Å². The number of rotatable bonds is 8. The van der Waals surface area contributed by atoms with Gasteiger partial charge in [0.2, 0.25) is 0 Å². The van der Waals surface area contributed by atoms with Crippen LogP contribution in [0.1, 0.15) is 19.8 Å². The predicted octanol–water partition coefficient (Wildman–Crippen LogP) is -0.289. The molecule has 92 valence electrons. The number of carbonyl (C=O) groups is 3. The highest BCUT2D eigenvalue weighted by Crippen LogP contribution is 2.06. The fraction of sp³-hybridized carbons (Fsp3) is 0.667. The molecule has 0 saturated heterocycles. The Bertz CT molecular complexity index is 277. The summed E-state index contributed by atoms with van der Waals surface area (Å²) in [5.74, 6) is -3.52. The van der Waals surface area contributed by atoms with Crippen LogP contribution in [0, 0.1) is 0 Å². The van der Waals surface area contributed by atoms with E-state index in [-0.39, 0.29) is 19.5 Å². The SMILES string of the molecule is CCN(CCC(=O)O)C(CC(=O)O)C(=O)O. The van der Waals surface area contributed by atoms with Crippen molar-refractivity contribution in [2.75, 3.05) is 13.1 Å². The number of nitrogens with zero attached hydrogens (tertiary/aromatic N) is 1. The fourth-order valence-corrected chi connectivity index (χ4v) is 1.31. The molecule has 0 radical (unpaired) electrons. The lowest BCUT2D eigenvalue weighted by Crippen LogP contribution is -2.43. The van der Waals surface area contributed by atoms with Crippen LogP contribution in [-0.4, -0.2) is 57.3 Å². The first-order chi connectivity index (χ1) is 7.38. The van der Waals surface area contributed by atoms with Crippen molar-refractivity contribution < 1.29 is 29.7 Å². The van der Waals surface area contributed by atoms with E-state index in [1.807, 2.05) is 0 Å². The quantitative estimate of drug-likeness (QED) is 0.527. The molecule has 0 bridgehead atoms. The first kappa shape index (κ1) is 14.4. The van der Waals surface area contributed by atoms with Gasteiger partial charge in [-0.25, -0.2) is 0 Å². The van der Waals surface area contributed by atoms with Gasteiger partial charge in [-0.3, -0.25) is 19.3 Å². The topological polar surface area (TPSA) is 115 Å². The van der Waals surface area contributed by atoms with E-state index in [0.717, 1.165) is 0 Å². The molecule has 0 aliphatic carbocycles. The molecule has 0 fully saturated rings. The molecule has 7 heteroatoms. The Morgan fingerprint density at radius 2 is 1.69 bits per heavy atom. The monoisotopic (exact) mass is 233 g/mol. The molecule has 0 spiro atoms. The van der Waals surface area contributed by atoms with Crippen LogP contribution in [0.25, 0.3) is 0 Å². The summed E-state index contributed by atoms with van der Waals surface area (Å²) < 4.78 is 0. The summed E-state index contributed by atoms with van der Waals surface area (Å²) in [5, 5.41) is 25.9. The summed E-state index contributed by atoms with van der Waals surface area (Å²) in [6, 6.07) is -1.18. The molecule has 0 aromatic heterocycles. The molecule has 0 saturated carbocycles. The van der Waals surface area contributed by atoms with Gasteiger partial charge in [0.1, 0.15) is 6.04 Å². The second-order valence-corrected chi connectivity index (χ2v) is 3.22. The third-order valence-corrected chi connectivity index (χ3v) is 2.11. The van der Waals surface area contributed by atoms with E-state index in [1.54, 1.807) is 6.92 Å². The van der Waals surface area contributed by atoms with E-state index >= 15 is 0 Å². The van der Waals surface area contributed by atoms with Gasteiger partial charge in [0, 0.05) is 6.54 Å². The molecule has 0 amide bonds. The van der Waals surface area contributed by atoms with Crippen molar-refractivity contribution in [2.24, 2.45) is 0 Å². The number of hydrogen-bond acceptors (Lipinski definition) is 4. The van der Waals surface area contributed by atoms with E-state index in [0.29, 0.717) is 0 Å². The second kappa shape index (κ2) is 6.78. The predicted molar refractivity (Wildman–Crippen MR) is 53.2 cm³/mol. The molecule has 7 nitrogen and oxygen atoms in total. The maximum absolute atomic E-state index is 10.8. The maximum atomic E-state index is 10.8. The largest absolute Gasteiger partial charge is 0.481 e. The van der Waals surface area contributed by atoms with Crippen molar-refractivity contribution in [2.45, 2.75) is 25.8 Å². The van der Waals surface area contributed by atoms with Crippen molar-refractivity contribution in [1.82, 2.24) is 4.90 Å². The number of carboxylic acid groups (broad SMARTS) is 3. The number of likely N-dealkylation sites (N-methyl/N-ethyl adjacent to an activating group) is 1. The second-order valence-electron chi connectivity index (χ2n) is 3.22. The smallest absolute Gasteiger partial charge is 0.321 e. The summed E-state index contributed by atoms with van der Waals surface area (Å²) in [6.07, 6.45) is -0.750. The van der Waals surface area contributed by atoms with Crippen LogP contribution in [0.15, 0.2) is 0 Å². The van der Waals surface area contributed by atoms with Gasteiger partial charge in [-0.1, -0.05) is 6.92 Å². The zero-order valence-electron chi connectivity index (χ0n) is 8.92. The van der Waals surface area contributed by atoms with Gasteiger partial charge in [0.25, 0.3) is 0 Å². The van der Waals surface area contributed by atoms with Gasteiger partial charge >= 0.3 is 17.9 Å². The Hall–Kier alpha value is -1.63. The molecular weight excluding hydrogens is 218 g/mol. The molecule has 1 atom stereocenters. The lowest BCUT2D eigenvalue weighted by atomic mass is 10.1. The van der Waals surface area contributed by atoms with Crippen molar-refractivity contribution in [3.63, 3.8) is 0 Å². The molecule has 0 heterocycles. The Morgan fingerprint density at radius 3 is 2.00 bits per heavy atom. The lowest BCUT2D eigenvalue weighted by molar-refractivity contribution is -0.150. The zero-order valence-corrected chi connectivity index (χ0v) is 8.92. The minimum atomic E-state index is -1.25. The van der Waals surface area contributed by atoms with Crippen LogP contribution < -0.4 is 0 Å². The zero-order chi connectivity index (χ0) is 12.7. The highest BCUT2D eigenvalue weighted by Gasteiger charge is 2.27. The first-order valence-electron chi connectivity index (χ1n) is 4.78. The molecule has 0 rings (SSSR count). The molecule has 3 N–H and O–H groups in total. The third-order valence-electron chi connectivity index (χ3n) is 2.11. The van der Waals surface area contributed by atoms with Gasteiger partial charge in [-0.2, -0.15) is 0 Å². The summed E-state index contributed by atoms with van der Waals surface area (Å²) in [5.41, 5.74) is 0. The van der Waals surface area contributed by atoms with Crippen molar-refractivity contribution in [1.29, 1.82) is 0 Å². The highest BCUT2D eigenvalue weighted by atomic mass is 16.4. The molecule has 1 unspecified atom stereocenters. The third kappa shape index (κ3) is 5.30. The Morgan fingerprint density at radius 1 is 1.12 bits per heavy atom. The van der Waals surface area contributed by atoms with Gasteiger partial charge in [0.05, 0.1) is 12.8 Å². The minimum absolute atomic E-state index is 0.0239. The summed E-state index contributed by atoms with van der Waals surface area (Å²) >= 11 is 0. The average molecular weight is 233 g/mol. The Kier molecular flexibility index (Phi) is 6.09. The molecule has 0 aliphatic rings. The maximum Gasteiger partial charge on any atom is 0.321 e. The van der Waals surface area contributed by atoms with Crippen LogP contribution in [0.5, 0.6) is 0 Å². The van der Waals surface area contributed by atoms with Gasteiger partial charge in [0.15, 0.2) is 0 Å². The van der Waals surface area contributed by atoms with Crippen molar-refractivity contribution in [3.8, 4) is 0 Å². The lowest BCUT2D eigenvalue weighted by Gasteiger charge is -2.25. The van der Waals surface area contributed by atoms with Crippen LogP contribution in [0.2, 0.25) is 0 Å². The molecule has 0 aromatic carbocycles. The molecule has 0 aromatic rings. The van der Waals surface area contributed by atoms with Gasteiger partial charge < -0.3 is 15.3 Å². The van der Waals surface area contributed by atoms with E-state index in [4.69, 9.17) is 15.3 Å². The molecular formula is C9H15NO6. The first-order valence-corrected chi connectivity index (χ1v) is 4.78. The van der Waals surface area contributed by atoms with Crippen LogP contribution in [-0.2, 0) is 14.4 Å². The van der Waals surface area contributed by atoms with E-state index < -0.39 is 30.4 Å². The van der Waals surface area contributed by atoms with E-state index in [1.165, 1.54) is 4.90 Å². The standard InChI is InChI=1S/C9H15NO6/c1-2-10(4-3-7(11)12)6(9(15)16)5-8(13)14/h6H,2-5H2,1H3,(H,11,12)(H,13,14)(H,15,16). The van der Waals surface area contributed by atoms with E-state index in [2.05, 4.69) is 0 Å². The minimum Gasteiger partial charge on any atom is -0.481 e. The number of carboxylic acids is 3. The van der Waals surface area contributed by atoms with Crippen molar-refractivity contribution in [3.05, 3.63) is 0 Å². The van der Waals surface area contributed by atoms with Gasteiger partial charge in [-0.15, -0.1) is 0 Å². The van der Waals surface area contributed by atoms with Gasteiger partial charge in [-0.05, 0) is 6.54 Å². The normalized spacial score (nSPS) is 12.4. The fourth-order valence-electron chi connectivity index (χ4n) is 1.31. The number of aliphatic carboxylic acids is 3. The molecule has 16 heavy (non-hydrogen) atoms. The van der Waals surface area contributed by atoms with Crippen LogP contribution in [0.3, 0.4) is 0 Å². The summed E-state index contributed by atoms with van der Waals surface area (Å²) in [6.45, 7) is 1.97. The highest BCUT2D eigenvalue weighted by molar-refractivity contribution is 5.80. The molecule has 0 aliphatic heterocycles. The summed E-state index contributed by atoms with van der Waals surface area (Å²) in [4.78, 5) is 33.0.